The number of imidazole rings is 1. The first kappa shape index (κ1) is 29.8. The van der Waals surface area contributed by atoms with Crippen LogP contribution in [-0.4, -0.2) is 106 Å². The molecule has 0 N–H and O–H groups in total. The second-order valence-corrected chi connectivity index (χ2v) is 14.8. The fraction of sp³-hybridized carbons (Fsp3) is 0.345. The van der Waals surface area contributed by atoms with E-state index in [1.807, 2.05) is 58.8 Å². The number of fused-ring (bicyclic) bond motifs is 9. The number of aromatic nitrogens is 3. The van der Waals surface area contributed by atoms with Crippen LogP contribution < -0.4 is 9.64 Å². The van der Waals surface area contributed by atoms with Crippen molar-refractivity contribution in [2.45, 2.75) is 30.4 Å². The van der Waals surface area contributed by atoms with E-state index in [4.69, 9.17) is 9.72 Å². The predicted octanol–water partition coefficient (Wildman–Crippen LogP) is 0.782. The first-order valence-electron chi connectivity index (χ1n) is 14.9. The van der Waals surface area contributed by atoms with Crippen LogP contribution >= 0.6 is 0 Å². The van der Waals surface area contributed by atoms with E-state index in [1.165, 1.54) is 16.6 Å². The van der Waals surface area contributed by atoms with Crippen molar-refractivity contribution < 1.29 is 26.7 Å². The van der Waals surface area contributed by atoms with Crippen molar-refractivity contribution >= 4 is 56.3 Å². The van der Waals surface area contributed by atoms with Crippen molar-refractivity contribution in [1.29, 1.82) is 0 Å². The average Bonchev–Trinajstić information content (AvgIpc) is 3.49. The zero-order valence-electron chi connectivity index (χ0n) is 25.4. The number of carbonyl (C=O) groups is 1. The number of carbonyl (C=O) groups excluding carboxylic acids is 1. The summed E-state index contributed by atoms with van der Waals surface area (Å²) in [4.78, 5) is 27.5. The number of hydrogen-bond acceptors (Lipinski definition) is 7. The van der Waals surface area contributed by atoms with Gasteiger partial charge in [0.05, 0.1) is 29.4 Å². The van der Waals surface area contributed by atoms with Gasteiger partial charge in [-0.2, -0.15) is 13.1 Å². The number of nitrogens with zero attached hydrogens (tertiary/aromatic N) is 6. The number of amides is 1. The summed E-state index contributed by atoms with van der Waals surface area (Å²) in [5.41, 5.74) is 4.18. The van der Waals surface area contributed by atoms with E-state index in [0.717, 1.165) is 33.8 Å². The molecule has 16 heteroatoms. The summed E-state index contributed by atoms with van der Waals surface area (Å²) in [5.74, 6) is 1.26. The van der Waals surface area contributed by atoms with Gasteiger partial charge in [0.25, 0.3) is 5.91 Å². The Morgan fingerprint density at radius 3 is 2.38 bits per heavy atom. The maximum Gasteiger partial charge on any atom is 0.387 e. The van der Waals surface area contributed by atoms with Gasteiger partial charge in [-0.1, -0.05) is 12.1 Å². The number of anilines is 1. The number of piperazine rings is 1. The number of rotatable bonds is 6. The van der Waals surface area contributed by atoms with Crippen molar-refractivity contribution in [2.75, 3.05) is 37.3 Å². The van der Waals surface area contributed by atoms with Crippen molar-refractivity contribution in [3.05, 3.63) is 71.7 Å². The lowest BCUT2D eigenvalue weighted by Gasteiger charge is -2.40. The molecule has 2 aromatic heterocycles. The summed E-state index contributed by atoms with van der Waals surface area (Å²) in [5, 5.41) is -0.559. The first-order valence-corrected chi connectivity index (χ1v) is 16.8. The number of halogens is 2. The van der Waals surface area contributed by atoms with Crippen molar-refractivity contribution in [2.24, 2.45) is 0 Å². The molecule has 1 saturated heterocycles. The zero-order chi connectivity index (χ0) is 31.8. The SMILES string of the molecule is BC(B)(B)N1C(=O)c2cccc(OC(F)F)c2[C@H]2C[C@@H]1c1nc3ccc(-c4ccc(N5CCN(S(C)(=O)=O)CC5)nc4)cc3n12. The Morgan fingerprint density at radius 1 is 1.00 bits per heavy atom. The van der Waals surface area contributed by atoms with Gasteiger partial charge in [0.1, 0.15) is 40.9 Å². The average molecular weight is 630 g/mol. The van der Waals surface area contributed by atoms with E-state index in [9.17, 15) is 22.0 Å². The van der Waals surface area contributed by atoms with Gasteiger partial charge < -0.3 is 19.1 Å². The molecule has 0 saturated carbocycles. The molecule has 2 aromatic carbocycles. The second-order valence-electron chi connectivity index (χ2n) is 12.8. The summed E-state index contributed by atoms with van der Waals surface area (Å²) >= 11 is 0. The summed E-state index contributed by atoms with van der Waals surface area (Å²) in [6, 6.07) is 13.8. The summed E-state index contributed by atoms with van der Waals surface area (Å²) < 4.78 is 59.4. The minimum absolute atomic E-state index is 0.00151. The monoisotopic (exact) mass is 630 g/mol. The molecular weight excluding hydrogens is 599 g/mol. The molecular formula is C29H31B3F2N6O4S. The van der Waals surface area contributed by atoms with Gasteiger partial charge >= 0.3 is 6.61 Å². The normalized spacial score (nSPS) is 20.4. The van der Waals surface area contributed by atoms with Crippen LogP contribution in [0.25, 0.3) is 22.2 Å². The summed E-state index contributed by atoms with van der Waals surface area (Å²) in [6.07, 6.45) is 3.52. The van der Waals surface area contributed by atoms with Gasteiger partial charge in [0, 0.05) is 55.5 Å². The largest absolute Gasteiger partial charge is 0.434 e. The smallest absolute Gasteiger partial charge is 0.387 e. The molecule has 3 aliphatic rings. The maximum absolute atomic E-state index is 14.0. The van der Waals surface area contributed by atoms with Gasteiger partial charge in [0.2, 0.25) is 10.0 Å². The van der Waals surface area contributed by atoms with Crippen LogP contribution in [0.15, 0.2) is 54.7 Å². The van der Waals surface area contributed by atoms with Crippen LogP contribution in [0.4, 0.5) is 14.6 Å². The molecule has 4 aromatic rings. The van der Waals surface area contributed by atoms with Crippen LogP contribution in [0.2, 0.25) is 0 Å². The molecule has 2 atom stereocenters. The van der Waals surface area contributed by atoms with Crippen molar-refractivity contribution in [3.63, 3.8) is 0 Å². The maximum atomic E-state index is 14.0. The minimum atomic E-state index is -3.22. The third kappa shape index (κ3) is 5.07. The van der Waals surface area contributed by atoms with Gasteiger partial charge in [0.15, 0.2) is 0 Å². The van der Waals surface area contributed by atoms with Crippen LogP contribution in [-0.2, 0) is 10.0 Å². The second kappa shape index (κ2) is 10.6. The first-order chi connectivity index (χ1) is 21.3. The number of sulfonamides is 1. The fourth-order valence-corrected chi connectivity index (χ4v) is 7.88. The van der Waals surface area contributed by atoms with Crippen molar-refractivity contribution in [3.8, 4) is 16.9 Å². The van der Waals surface area contributed by atoms with E-state index >= 15 is 0 Å². The fourth-order valence-electron chi connectivity index (χ4n) is 7.05. The standard InChI is InChI=1S/C29H31B3F2N6O4S/c1-45(42,43)38-11-9-37(10-12-38)24-8-6-17(15-35-24)16-5-7-19-20(13-16)39-21-14-22(26(39)36-19)40(29(30,31)32)27(41)18-3-2-4-23(25(18)21)44-28(33)34/h2-8,13,15,21-22,28H,9-12,14,30-32H2,1H3/t21-,22-/m1/s1. The molecule has 230 valence electrons. The Morgan fingerprint density at radius 2 is 1.73 bits per heavy atom. The highest BCUT2D eigenvalue weighted by molar-refractivity contribution is 7.88. The number of hydrogen-bond donors (Lipinski definition) is 0. The molecule has 0 aliphatic carbocycles. The van der Waals surface area contributed by atoms with Gasteiger partial charge in [-0.05, 0) is 47.2 Å². The molecule has 45 heavy (non-hydrogen) atoms. The molecule has 5 heterocycles. The van der Waals surface area contributed by atoms with Gasteiger partial charge in [-0.25, -0.2) is 18.4 Å². The van der Waals surface area contributed by atoms with Crippen LogP contribution in [0, 0.1) is 0 Å². The molecule has 7 rings (SSSR count). The Balaban J connectivity index is 1.28. The highest BCUT2D eigenvalue weighted by atomic mass is 32.2. The van der Waals surface area contributed by atoms with Crippen molar-refractivity contribution in [1.82, 2.24) is 23.7 Å². The third-order valence-electron chi connectivity index (χ3n) is 8.98. The van der Waals surface area contributed by atoms with Gasteiger partial charge in [-0.3, -0.25) is 4.79 Å². The van der Waals surface area contributed by atoms with E-state index in [2.05, 4.69) is 14.5 Å². The Kier molecular flexibility index (Phi) is 7.01. The Hall–Kier alpha value is -3.91. The molecule has 0 unspecified atom stereocenters. The Labute approximate surface area is 262 Å². The molecule has 1 fully saturated rings. The lowest BCUT2D eigenvalue weighted by molar-refractivity contribution is -0.0507. The number of benzene rings is 2. The molecule has 0 radical (unpaired) electrons. The number of pyridine rings is 1. The van der Waals surface area contributed by atoms with Crippen LogP contribution in [0.1, 0.15) is 40.3 Å². The minimum Gasteiger partial charge on any atom is -0.434 e. The van der Waals surface area contributed by atoms with Crippen LogP contribution in [0.5, 0.6) is 5.75 Å². The highest BCUT2D eigenvalue weighted by Crippen LogP contribution is 2.51. The van der Waals surface area contributed by atoms with E-state index < -0.39 is 27.9 Å². The lowest BCUT2D eigenvalue weighted by Crippen LogP contribution is -2.54. The number of alkyl halides is 2. The number of ether oxygens (including phenoxy) is 1. The lowest BCUT2D eigenvalue weighted by atomic mass is 9.48. The predicted molar refractivity (Wildman–Crippen MR) is 175 cm³/mol. The van der Waals surface area contributed by atoms with Gasteiger partial charge in [-0.15, -0.1) is 0 Å². The highest BCUT2D eigenvalue weighted by Gasteiger charge is 2.48. The molecule has 10 nitrogen and oxygen atoms in total. The Bertz CT molecular complexity index is 1930. The summed E-state index contributed by atoms with van der Waals surface area (Å²) in [7, 11) is 2.69. The molecule has 3 aliphatic heterocycles. The zero-order valence-corrected chi connectivity index (χ0v) is 26.3. The molecule has 0 spiro atoms. The quantitative estimate of drug-likeness (QED) is 0.291. The van der Waals surface area contributed by atoms with E-state index in [0.29, 0.717) is 43.7 Å². The summed E-state index contributed by atoms with van der Waals surface area (Å²) in [6.45, 7) is -1.08. The van der Waals surface area contributed by atoms with E-state index in [-0.39, 0.29) is 17.7 Å². The molecule has 2 bridgehead atoms. The topological polar surface area (TPSA) is 101 Å². The van der Waals surface area contributed by atoms with E-state index in [1.54, 1.807) is 18.3 Å². The third-order valence-corrected chi connectivity index (χ3v) is 10.3. The molecule has 1 amide bonds. The van der Waals surface area contributed by atoms with Crippen LogP contribution in [0.3, 0.4) is 0 Å².